The average Bonchev–Trinajstić information content (AvgIpc) is 3.33. The van der Waals surface area contributed by atoms with Gasteiger partial charge in [0.1, 0.15) is 11.4 Å². The summed E-state index contributed by atoms with van der Waals surface area (Å²) in [7, 11) is 0. The molecule has 0 unspecified atom stereocenters. The molecule has 8 nitrogen and oxygen atoms in total. The summed E-state index contributed by atoms with van der Waals surface area (Å²) in [6, 6.07) is 9.49. The van der Waals surface area contributed by atoms with Gasteiger partial charge < -0.3 is 9.42 Å². The molecule has 0 N–H and O–H groups in total. The molecule has 1 amide bonds. The number of amides is 1. The van der Waals surface area contributed by atoms with Gasteiger partial charge in [-0.3, -0.25) is 14.8 Å². The van der Waals surface area contributed by atoms with E-state index in [0.29, 0.717) is 48.6 Å². The summed E-state index contributed by atoms with van der Waals surface area (Å²) in [6.45, 7) is 0.967. The van der Waals surface area contributed by atoms with Crippen molar-refractivity contribution in [3.63, 3.8) is 0 Å². The number of nitrogens with zero attached hydrogens (tertiary/aromatic N) is 6. The standard InChI is InChI=1S/C22H17F3N6O2/c23-22(24,25)18-6-5-14(11-27-18)19-29-20(33-30-19)13-7-9-31(10-8-13)21(32)17-12-26-15-3-1-2-4-16(15)28-17/h1-6,11-13H,7-10H2. The van der Waals surface area contributed by atoms with Crippen molar-refractivity contribution in [2.75, 3.05) is 13.1 Å². The molecule has 0 spiro atoms. The van der Waals surface area contributed by atoms with Crippen LogP contribution < -0.4 is 0 Å². The molecule has 1 aliphatic rings. The molecule has 5 rings (SSSR count). The molecule has 1 aromatic carbocycles. The fourth-order valence-corrected chi connectivity index (χ4v) is 3.76. The molecule has 0 bridgehead atoms. The maximum Gasteiger partial charge on any atom is 0.433 e. The molecular weight excluding hydrogens is 437 g/mol. The van der Waals surface area contributed by atoms with Crippen LogP contribution in [0.25, 0.3) is 22.4 Å². The van der Waals surface area contributed by atoms with Gasteiger partial charge in [-0.25, -0.2) is 4.98 Å². The van der Waals surface area contributed by atoms with E-state index in [2.05, 4.69) is 25.1 Å². The molecule has 4 aromatic rings. The number of para-hydroxylation sites is 2. The summed E-state index contributed by atoms with van der Waals surface area (Å²) in [4.78, 5) is 31.0. The van der Waals surface area contributed by atoms with Crippen LogP contribution >= 0.6 is 0 Å². The Morgan fingerprint density at radius 1 is 0.970 bits per heavy atom. The molecule has 33 heavy (non-hydrogen) atoms. The fourth-order valence-electron chi connectivity index (χ4n) is 3.76. The highest BCUT2D eigenvalue weighted by Crippen LogP contribution is 2.31. The van der Waals surface area contributed by atoms with E-state index in [0.717, 1.165) is 17.8 Å². The summed E-state index contributed by atoms with van der Waals surface area (Å²) in [5.41, 5.74) is 1.03. The lowest BCUT2D eigenvalue weighted by molar-refractivity contribution is -0.141. The predicted molar refractivity (Wildman–Crippen MR) is 110 cm³/mol. The van der Waals surface area contributed by atoms with E-state index in [1.165, 1.54) is 12.3 Å². The topological polar surface area (TPSA) is 97.9 Å². The number of fused-ring (bicyclic) bond motifs is 1. The van der Waals surface area contributed by atoms with Crippen molar-refractivity contribution in [3.05, 3.63) is 66.1 Å². The maximum absolute atomic E-state index is 12.9. The normalized spacial score (nSPS) is 15.2. The Balaban J connectivity index is 1.24. The lowest BCUT2D eigenvalue weighted by Gasteiger charge is -2.30. The van der Waals surface area contributed by atoms with Crippen molar-refractivity contribution in [2.45, 2.75) is 24.9 Å². The number of carbonyl (C=O) groups excluding carboxylic acids is 1. The summed E-state index contributed by atoms with van der Waals surface area (Å²) >= 11 is 0. The molecule has 1 aliphatic heterocycles. The zero-order valence-corrected chi connectivity index (χ0v) is 17.2. The van der Waals surface area contributed by atoms with Gasteiger partial charge >= 0.3 is 6.18 Å². The smallest absolute Gasteiger partial charge is 0.339 e. The Morgan fingerprint density at radius 2 is 1.73 bits per heavy atom. The predicted octanol–water partition coefficient (Wildman–Crippen LogP) is 4.11. The molecule has 168 valence electrons. The zero-order valence-electron chi connectivity index (χ0n) is 17.2. The molecule has 0 radical (unpaired) electrons. The van der Waals surface area contributed by atoms with Gasteiger partial charge in [-0.05, 0) is 37.1 Å². The van der Waals surface area contributed by atoms with Gasteiger partial charge in [0.05, 0.1) is 17.2 Å². The summed E-state index contributed by atoms with van der Waals surface area (Å²) < 4.78 is 43.4. The van der Waals surface area contributed by atoms with Gasteiger partial charge in [0.15, 0.2) is 0 Å². The first-order chi connectivity index (χ1) is 15.9. The molecule has 0 atom stereocenters. The molecular formula is C22H17F3N6O2. The van der Waals surface area contributed by atoms with Crippen molar-refractivity contribution in [3.8, 4) is 11.4 Å². The van der Waals surface area contributed by atoms with Gasteiger partial charge in [0.25, 0.3) is 5.91 Å². The van der Waals surface area contributed by atoms with Gasteiger partial charge in [-0.15, -0.1) is 0 Å². The first kappa shape index (κ1) is 21.0. The number of halogens is 3. The van der Waals surface area contributed by atoms with Crippen molar-refractivity contribution in [1.29, 1.82) is 0 Å². The zero-order chi connectivity index (χ0) is 23.0. The lowest BCUT2D eigenvalue weighted by atomic mass is 9.96. The van der Waals surface area contributed by atoms with Crippen LogP contribution in [0.4, 0.5) is 13.2 Å². The van der Waals surface area contributed by atoms with Gasteiger partial charge in [0, 0.05) is 30.8 Å². The highest BCUT2D eigenvalue weighted by molar-refractivity contribution is 5.93. The minimum absolute atomic E-state index is 0.0552. The Morgan fingerprint density at radius 3 is 2.42 bits per heavy atom. The van der Waals surface area contributed by atoms with Crippen molar-refractivity contribution >= 4 is 16.9 Å². The minimum atomic E-state index is -4.51. The third-order valence-electron chi connectivity index (χ3n) is 5.55. The molecule has 4 heterocycles. The summed E-state index contributed by atoms with van der Waals surface area (Å²) in [6.07, 6.45) is -0.730. The lowest BCUT2D eigenvalue weighted by Crippen LogP contribution is -2.38. The number of likely N-dealkylation sites (tertiary alicyclic amines) is 1. The van der Waals surface area contributed by atoms with E-state index in [-0.39, 0.29) is 17.6 Å². The highest BCUT2D eigenvalue weighted by Gasteiger charge is 2.32. The Kier molecular flexibility index (Phi) is 5.23. The van der Waals surface area contributed by atoms with E-state index in [9.17, 15) is 18.0 Å². The van der Waals surface area contributed by atoms with E-state index in [1.54, 1.807) is 4.90 Å². The Bertz CT molecular complexity index is 1300. The van der Waals surface area contributed by atoms with E-state index in [4.69, 9.17) is 4.52 Å². The molecule has 3 aromatic heterocycles. The number of aromatic nitrogens is 5. The second-order valence-electron chi connectivity index (χ2n) is 7.70. The summed E-state index contributed by atoms with van der Waals surface area (Å²) in [5, 5.41) is 3.88. The number of alkyl halides is 3. The van der Waals surface area contributed by atoms with Crippen LogP contribution in [-0.2, 0) is 6.18 Å². The van der Waals surface area contributed by atoms with Crippen LogP contribution in [0, 0.1) is 0 Å². The van der Waals surface area contributed by atoms with E-state index >= 15 is 0 Å². The van der Waals surface area contributed by atoms with Crippen molar-refractivity contribution < 1.29 is 22.5 Å². The molecule has 0 saturated carbocycles. The van der Waals surface area contributed by atoms with Crippen LogP contribution in [0.3, 0.4) is 0 Å². The Labute approximate surface area is 185 Å². The first-order valence-corrected chi connectivity index (χ1v) is 10.3. The van der Waals surface area contributed by atoms with Crippen molar-refractivity contribution in [2.24, 2.45) is 0 Å². The second kappa shape index (κ2) is 8.23. The second-order valence-corrected chi connectivity index (χ2v) is 7.70. The van der Waals surface area contributed by atoms with Gasteiger partial charge in [-0.1, -0.05) is 17.3 Å². The third-order valence-corrected chi connectivity index (χ3v) is 5.55. The number of hydrogen-bond donors (Lipinski definition) is 0. The molecule has 11 heteroatoms. The van der Waals surface area contributed by atoms with Crippen LogP contribution in [0.5, 0.6) is 0 Å². The van der Waals surface area contributed by atoms with E-state index < -0.39 is 11.9 Å². The average molecular weight is 454 g/mol. The number of carbonyl (C=O) groups is 1. The van der Waals surface area contributed by atoms with Crippen LogP contribution in [0.2, 0.25) is 0 Å². The Hall–Kier alpha value is -3.89. The highest BCUT2D eigenvalue weighted by atomic mass is 19.4. The van der Waals surface area contributed by atoms with Gasteiger partial charge in [-0.2, -0.15) is 18.2 Å². The third kappa shape index (κ3) is 4.26. The van der Waals surface area contributed by atoms with Crippen LogP contribution in [0.1, 0.15) is 40.8 Å². The maximum atomic E-state index is 12.9. The fraction of sp³-hybridized carbons (Fsp3) is 0.273. The number of hydrogen-bond acceptors (Lipinski definition) is 7. The van der Waals surface area contributed by atoms with Gasteiger partial charge in [0.2, 0.25) is 11.7 Å². The number of rotatable bonds is 3. The minimum Gasteiger partial charge on any atom is -0.339 e. The largest absolute Gasteiger partial charge is 0.433 e. The first-order valence-electron chi connectivity index (χ1n) is 10.3. The summed E-state index contributed by atoms with van der Waals surface area (Å²) in [5.74, 6) is 0.327. The number of piperidine rings is 1. The van der Waals surface area contributed by atoms with Crippen molar-refractivity contribution in [1.82, 2.24) is 30.0 Å². The van der Waals surface area contributed by atoms with E-state index in [1.807, 2.05) is 24.3 Å². The monoisotopic (exact) mass is 454 g/mol. The molecule has 1 fully saturated rings. The molecule has 0 aliphatic carbocycles. The molecule has 1 saturated heterocycles. The number of benzene rings is 1. The number of pyridine rings is 1. The quantitative estimate of drug-likeness (QED) is 0.459. The SMILES string of the molecule is O=C(c1cnc2ccccc2n1)N1CCC(c2nc(-c3ccc(C(F)(F)F)nc3)no2)CC1. The van der Waals surface area contributed by atoms with Crippen LogP contribution in [-0.4, -0.2) is 49.0 Å². The van der Waals surface area contributed by atoms with Crippen LogP contribution in [0.15, 0.2) is 53.3 Å².